The summed E-state index contributed by atoms with van der Waals surface area (Å²) in [6, 6.07) is 2.18. The molecule has 0 heterocycles. The number of nitriles is 1. The van der Waals surface area contributed by atoms with Crippen LogP contribution in [0.5, 0.6) is 0 Å². The van der Waals surface area contributed by atoms with Gasteiger partial charge < -0.3 is 0 Å². The normalized spacial score (nSPS) is 13.3. The summed E-state index contributed by atoms with van der Waals surface area (Å²) in [6.07, 6.45) is 1.03. The maximum atomic E-state index is 8.12. The zero-order valence-corrected chi connectivity index (χ0v) is 6.23. The van der Waals surface area contributed by atoms with Gasteiger partial charge in [0.1, 0.15) is 0 Å². The van der Waals surface area contributed by atoms with Crippen LogP contribution in [0, 0.1) is 11.3 Å². The summed E-state index contributed by atoms with van der Waals surface area (Å²) in [4.78, 5) is 0. The molecule has 6 heavy (non-hydrogen) atoms. The van der Waals surface area contributed by atoms with Crippen molar-refractivity contribution in [3.8, 4) is 6.07 Å². The van der Waals surface area contributed by atoms with Crippen molar-refractivity contribution in [2.45, 2.75) is 18.9 Å². The molecule has 0 aromatic carbocycles. The summed E-state index contributed by atoms with van der Waals surface area (Å²) >= 11 is 0. The lowest BCUT2D eigenvalue weighted by Gasteiger charge is -1.87. The van der Waals surface area contributed by atoms with Crippen molar-refractivity contribution < 1.29 is 0 Å². The van der Waals surface area contributed by atoms with E-state index in [0.29, 0.717) is 5.54 Å². The topological polar surface area (TPSA) is 23.8 Å². The second-order valence-corrected chi connectivity index (χ2v) is 2.83. The van der Waals surface area contributed by atoms with Gasteiger partial charge in [-0.25, -0.2) is 0 Å². The molecule has 1 unspecified atom stereocenters. The first kappa shape index (κ1) is 5.71. The van der Waals surface area contributed by atoms with E-state index in [9.17, 15) is 0 Å². The largest absolute Gasteiger partial charge is 0.198 e. The number of nitrogens with zero attached hydrogens (tertiary/aromatic N) is 1. The van der Waals surface area contributed by atoms with E-state index in [1.54, 1.807) is 0 Å². The minimum atomic E-state index is 0.380. The lowest BCUT2D eigenvalue weighted by atomic mass is 10.4. The van der Waals surface area contributed by atoms with Crippen LogP contribution in [0.3, 0.4) is 0 Å². The van der Waals surface area contributed by atoms with Crippen LogP contribution >= 0.6 is 0 Å². The maximum absolute atomic E-state index is 8.12. The van der Waals surface area contributed by atoms with Gasteiger partial charge in [-0.15, -0.1) is 0 Å². The van der Waals surface area contributed by atoms with Crippen LogP contribution < -0.4 is 0 Å². The summed E-state index contributed by atoms with van der Waals surface area (Å²) < 4.78 is 0. The molecule has 0 aliphatic heterocycles. The van der Waals surface area contributed by atoms with E-state index in [2.05, 4.69) is 6.07 Å². The van der Waals surface area contributed by atoms with Crippen molar-refractivity contribution in [1.82, 2.24) is 0 Å². The van der Waals surface area contributed by atoms with Crippen molar-refractivity contribution in [3.05, 3.63) is 0 Å². The van der Waals surface area contributed by atoms with Gasteiger partial charge in [-0.05, 0) is 6.42 Å². The Kier molecular flexibility index (Phi) is 2.78. The molecule has 1 nitrogen and oxygen atoms in total. The van der Waals surface area contributed by atoms with E-state index in [0.717, 1.165) is 16.7 Å². The predicted octanol–water partition coefficient (Wildman–Crippen LogP) is 0.0739. The standard InChI is InChI=1S/C4H9NSi/c1-2-4(6)3-5/h4H,2H2,1,6H3. The third kappa shape index (κ3) is 1.98. The van der Waals surface area contributed by atoms with Crippen LogP contribution in [0.1, 0.15) is 13.3 Å². The van der Waals surface area contributed by atoms with E-state index in [4.69, 9.17) is 5.26 Å². The average molecular weight is 99.2 g/mol. The summed E-state index contributed by atoms with van der Waals surface area (Å²) in [5.41, 5.74) is 0.380. The van der Waals surface area contributed by atoms with E-state index in [1.807, 2.05) is 6.92 Å². The Morgan fingerprint density at radius 2 is 2.50 bits per heavy atom. The fourth-order valence-electron chi connectivity index (χ4n) is 0.0913. The Morgan fingerprint density at radius 3 is 2.50 bits per heavy atom. The summed E-state index contributed by atoms with van der Waals surface area (Å²) in [5, 5.41) is 8.12. The fourth-order valence-corrected chi connectivity index (χ4v) is 0.0913. The molecule has 0 bridgehead atoms. The lowest BCUT2D eigenvalue weighted by Crippen LogP contribution is -1.80. The molecule has 0 aliphatic rings. The van der Waals surface area contributed by atoms with Gasteiger partial charge in [-0.1, -0.05) is 6.92 Å². The van der Waals surface area contributed by atoms with E-state index in [-0.39, 0.29) is 0 Å². The summed E-state index contributed by atoms with van der Waals surface area (Å²) in [7, 11) is 1.03. The third-order valence-electron chi connectivity index (χ3n) is 0.833. The van der Waals surface area contributed by atoms with Crippen molar-refractivity contribution in [2.75, 3.05) is 0 Å². The molecule has 1 atom stereocenters. The molecule has 0 N–H and O–H groups in total. The molecule has 0 saturated carbocycles. The van der Waals surface area contributed by atoms with Crippen LogP contribution in [0.15, 0.2) is 0 Å². The van der Waals surface area contributed by atoms with Crippen LogP contribution in [0.4, 0.5) is 0 Å². The van der Waals surface area contributed by atoms with Crippen LogP contribution in [-0.2, 0) is 0 Å². The highest BCUT2D eigenvalue weighted by molar-refractivity contribution is 6.13. The molecule has 0 aliphatic carbocycles. The van der Waals surface area contributed by atoms with Gasteiger partial charge in [-0.3, -0.25) is 0 Å². The number of rotatable bonds is 1. The Labute approximate surface area is 41.4 Å². The highest BCUT2D eigenvalue weighted by Crippen LogP contribution is 1.98. The molecule has 34 valence electrons. The first-order valence-corrected chi connectivity index (χ1v) is 3.36. The predicted molar refractivity (Wildman–Crippen MR) is 29.6 cm³/mol. The second-order valence-electron chi connectivity index (χ2n) is 1.44. The minimum absolute atomic E-state index is 0.380. The zero-order valence-electron chi connectivity index (χ0n) is 4.23. The molecular formula is C4H9NSi. The summed E-state index contributed by atoms with van der Waals surface area (Å²) in [6.45, 7) is 2.04. The van der Waals surface area contributed by atoms with Gasteiger partial charge in [0.05, 0.1) is 6.07 Å². The number of hydrogen-bond donors (Lipinski definition) is 0. The van der Waals surface area contributed by atoms with Gasteiger partial charge in [0.25, 0.3) is 0 Å². The molecule has 0 radical (unpaired) electrons. The van der Waals surface area contributed by atoms with Crippen LogP contribution in [0.2, 0.25) is 5.54 Å². The van der Waals surface area contributed by atoms with Crippen molar-refractivity contribution in [3.63, 3.8) is 0 Å². The molecule has 0 spiro atoms. The van der Waals surface area contributed by atoms with E-state index >= 15 is 0 Å². The van der Waals surface area contributed by atoms with Gasteiger partial charge in [0, 0.05) is 15.8 Å². The van der Waals surface area contributed by atoms with Crippen molar-refractivity contribution in [1.29, 1.82) is 5.26 Å². The van der Waals surface area contributed by atoms with Gasteiger partial charge in [0.15, 0.2) is 0 Å². The van der Waals surface area contributed by atoms with Crippen molar-refractivity contribution >= 4 is 10.2 Å². The van der Waals surface area contributed by atoms with Gasteiger partial charge in [0.2, 0.25) is 0 Å². The summed E-state index contributed by atoms with van der Waals surface area (Å²) in [5.74, 6) is 0. The molecule has 0 fully saturated rings. The second kappa shape index (κ2) is 2.92. The first-order chi connectivity index (χ1) is 2.81. The van der Waals surface area contributed by atoms with Gasteiger partial charge >= 0.3 is 0 Å². The zero-order chi connectivity index (χ0) is 4.99. The Hall–Kier alpha value is -0.293. The van der Waals surface area contributed by atoms with Crippen LogP contribution in [-0.4, -0.2) is 10.2 Å². The number of hydrogen-bond acceptors (Lipinski definition) is 1. The highest BCUT2D eigenvalue weighted by atomic mass is 28.1. The fraction of sp³-hybridized carbons (Fsp3) is 0.750. The Balaban J connectivity index is 3.04. The minimum Gasteiger partial charge on any atom is -0.198 e. The molecular weight excluding hydrogens is 90.1 g/mol. The maximum Gasteiger partial charge on any atom is 0.0613 e. The smallest absolute Gasteiger partial charge is 0.0613 e. The molecule has 0 amide bonds. The monoisotopic (exact) mass is 99.1 g/mol. The molecule has 0 rings (SSSR count). The highest BCUT2D eigenvalue weighted by Gasteiger charge is 1.88. The van der Waals surface area contributed by atoms with Gasteiger partial charge in [-0.2, -0.15) is 5.26 Å². The average Bonchev–Trinajstić information content (AvgIpc) is 1.65. The lowest BCUT2D eigenvalue weighted by molar-refractivity contribution is 0.963. The Bertz CT molecular complexity index is 64.4. The quantitative estimate of drug-likeness (QED) is 0.427. The molecule has 2 heteroatoms. The van der Waals surface area contributed by atoms with E-state index in [1.165, 1.54) is 0 Å². The first-order valence-electron chi connectivity index (χ1n) is 2.20. The molecule has 0 saturated heterocycles. The Morgan fingerprint density at radius 1 is 2.00 bits per heavy atom. The van der Waals surface area contributed by atoms with E-state index < -0.39 is 0 Å². The van der Waals surface area contributed by atoms with Crippen molar-refractivity contribution in [2.24, 2.45) is 0 Å². The SMILES string of the molecule is CCC([SiH3])C#N. The molecule has 0 aromatic rings. The third-order valence-corrected chi connectivity index (χ3v) is 1.91. The van der Waals surface area contributed by atoms with Crippen LogP contribution in [0.25, 0.3) is 0 Å². The molecule has 0 aromatic heterocycles.